The lowest BCUT2D eigenvalue weighted by Gasteiger charge is -2.01. The molecule has 72 valence electrons. The summed E-state index contributed by atoms with van der Waals surface area (Å²) in [7, 11) is 0. The average Bonchev–Trinajstić information content (AvgIpc) is 2.38. The monoisotopic (exact) mass is 319 g/mol. The van der Waals surface area contributed by atoms with Gasteiger partial charge in [-0.3, -0.25) is 14.8 Å². The van der Waals surface area contributed by atoms with Crippen molar-refractivity contribution < 1.29 is 14.8 Å². The molecule has 0 radical (unpaired) electrons. The number of fused-ring (bicyclic) bond motifs is 1. The van der Waals surface area contributed by atoms with E-state index in [1.165, 1.54) is 6.07 Å². The van der Waals surface area contributed by atoms with E-state index in [0.717, 1.165) is 0 Å². The molecule has 0 atom stereocenters. The zero-order chi connectivity index (χ0) is 10.5. The Balaban J connectivity index is 2.76. The van der Waals surface area contributed by atoms with Gasteiger partial charge >= 0.3 is 0 Å². The van der Waals surface area contributed by atoms with E-state index in [1.54, 1.807) is 6.07 Å². The Kier molecular flexibility index (Phi) is 2.21. The Labute approximate surface area is 95.7 Å². The molecular formula is C8H3Br2NO3. The highest BCUT2D eigenvalue weighted by Gasteiger charge is 2.37. The summed E-state index contributed by atoms with van der Waals surface area (Å²) in [6.07, 6.45) is 0. The van der Waals surface area contributed by atoms with E-state index in [-0.39, 0.29) is 16.2 Å². The quantitative estimate of drug-likeness (QED) is 0.589. The van der Waals surface area contributed by atoms with Crippen molar-refractivity contribution in [3.8, 4) is 0 Å². The number of hydrogen-bond donors (Lipinski definition) is 1. The Morgan fingerprint density at radius 3 is 2.43 bits per heavy atom. The molecule has 1 aromatic rings. The molecule has 1 N–H and O–H groups in total. The van der Waals surface area contributed by atoms with E-state index in [4.69, 9.17) is 5.21 Å². The molecule has 1 aliphatic heterocycles. The first kappa shape index (κ1) is 9.82. The van der Waals surface area contributed by atoms with Crippen LogP contribution in [0.3, 0.4) is 0 Å². The molecule has 14 heavy (non-hydrogen) atoms. The van der Waals surface area contributed by atoms with Crippen LogP contribution in [0.1, 0.15) is 20.7 Å². The van der Waals surface area contributed by atoms with Crippen LogP contribution in [0, 0.1) is 0 Å². The Morgan fingerprint density at radius 1 is 1.14 bits per heavy atom. The number of carbonyl (C=O) groups excluding carboxylic acids is 2. The highest BCUT2D eigenvalue weighted by molar-refractivity contribution is 9.13. The van der Waals surface area contributed by atoms with Gasteiger partial charge in [-0.05, 0) is 44.0 Å². The predicted molar refractivity (Wildman–Crippen MR) is 54.1 cm³/mol. The predicted octanol–water partition coefficient (Wildman–Crippen LogP) is 2.20. The third-order valence-corrected chi connectivity index (χ3v) is 3.94. The first-order valence-electron chi connectivity index (χ1n) is 3.59. The van der Waals surface area contributed by atoms with Crippen LogP contribution in [0.2, 0.25) is 0 Å². The number of hydroxylamine groups is 2. The number of amides is 2. The maximum absolute atomic E-state index is 11.4. The van der Waals surface area contributed by atoms with Gasteiger partial charge in [-0.2, -0.15) is 0 Å². The van der Waals surface area contributed by atoms with E-state index >= 15 is 0 Å². The molecule has 0 saturated heterocycles. The van der Waals surface area contributed by atoms with E-state index in [1.807, 2.05) is 0 Å². The van der Waals surface area contributed by atoms with Gasteiger partial charge in [-0.1, -0.05) is 0 Å². The van der Waals surface area contributed by atoms with Gasteiger partial charge in [-0.15, -0.1) is 5.06 Å². The van der Waals surface area contributed by atoms with E-state index in [2.05, 4.69) is 31.9 Å². The topological polar surface area (TPSA) is 57.6 Å². The number of carbonyl (C=O) groups is 2. The van der Waals surface area contributed by atoms with Crippen molar-refractivity contribution in [2.75, 3.05) is 0 Å². The molecule has 0 spiro atoms. The van der Waals surface area contributed by atoms with Crippen LogP contribution in [0.4, 0.5) is 0 Å². The number of hydrogen-bond acceptors (Lipinski definition) is 3. The first-order valence-corrected chi connectivity index (χ1v) is 5.18. The third-order valence-electron chi connectivity index (χ3n) is 1.92. The van der Waals surface area contributed by atoms with Crippen molar-refractivity contribution >= 4 is 43.7 Å². The molecule has 0 aromatic heterocycles. The minimum Gasteiger partial charge on any atom is -0.278 e. The molecule has 0 saturated carbocycles. The van der Waals surface area contributed by atoms with E-state index in [0.29, 0.717) is 8.95 Å². The van der Waals surface area contributed by atoms with Crippen molar-refractivity contribution in [1.29, 1.82) is 0 Å². The van der Waals surface area contributed by atoms with Crippen molar-refractivity contribution in [2.45, 2.75) is 0 Å². The van der Waals surface area contributed by atoms with Crippen molar-refractivity contribution in [2.24, 2.45) is 0 Å². The maximum Gasteiger partial charge on any atom is 0.286 e. The summed E-state index contributed by atoms with van der Waals surface area (Å²) in [4.78, 5) is 22.7. The molecule has 0 aliphatic carbocycles. The van der Waals surface area contributed by atoms with Crippen LogP contribution >= 0.6 is 31.9 Å². The number of rotatable bonds is 0. The second-order valence-corrected chi connectivity index (χ2v) is 4.35. The van der Waals surface area contributed by atoms with E-state index < -0.39 is 11.8 Å². The zero-order valence-electron chi connectivity index (χ0n) is 6.62. The minimum absolute atomic E-state index is 0.113. The summed E-state index contributed by atoms with van der Waals surface area (Å²) in [5, 5.41) is 9.21. The van der Waals surface area contributed by atoms with Crippen LogP contribution in [-0.4, -0.2) is 22.1 Å². The fraction of sp³-hybridized carbons (Fsp3) is 0. The van der Waals surface area contributed by atoms with Gasteiger partial charge < -0.3 is 0 Å². The van der Waals surface area contributed by atoms with Crippen LogP contribution in [0.5, 0.6) is 0 Å². The highest BCUT2D eigenvalue weighted by atomic mass is 79.9. The summed E-state index contributed by atoms with van der Waals surface area (Å²) in [6, 6.07) is 3.12. The number of halogens is 2. The Hall–Kier alpha value is -0.720. The Bertz CT molecular complexity index is 458. The van der Waals surface area contributed by atoms with Crippen molar-refractivity contribution in [3.05, 3.63) is 32.2 Å². The van der Waals surface area contributed by atoms with Gasteiger partial charge in [0, 0.05) is 8.95 Å². The summed E-state index contributed by atoms with van der Waals surface area (Å²) in [6.45, 7) is 0. The average molecular weight is 321 g/mol. The minimum atomic E-state index is -0.710. The molecule has 0 fully saturated rings. The number of nitrogens with zero attached hydrogens (tertiary/aromatic N) is 1. The summed E-state index contributed by atoms with van der Waals surface area (Å²) < 4.78 is 1.14. The summed E-state index contributed by atoms with van der Waals surface area (Å²) in [5.74, 6) is -1.41. The number of benzene rings is 1. The van der Waals surface area contributed by atoms with Crippen LogP contribution in [0.25, 0.3) is 0 Å². The lowest BCUT2D eigenvalue weighted by Crippen LogP contribution is -2.25. The largest absolute Gasteiger partial charge is 0.286 e. The van der Waals surface area contributed by atoms with Gasteiger partial charge in [0.05, 0.1) is 11.1 Å². The fourth-order valence-corrected chi connectivity index (χ4v) is 2.10. The van der Waals surface area contributed by atoms with Gasteiger partial charge in [0.2, 0.25) is 0 Å². The Morgan fingerprint density at radius 2 is 1.79 bits per heavy atom. The first-order chi connectivity index (χ1) is 6.54. The zero-order valence-corrected chi connectivity index (χ0v) is 9.79. The lowest BCUT2D eigenvalue weighted by molar-refractivity contribution is -0.0327. The highest BCUT2D eigenvalue weighted by Crippen LogP contribution is 2.33. The number of imide groups is 1. The van der Waals surface area contributed by atoms with E-state index in [9.17, 15) is 9.59 Å². The SMILES string of the molecule is O=C1c2ccc(Br)c(Br)c2C(=O)N1O. The third kappa shape index (κ3) is 1.14. The molecule has 1 aliphatic rings. The van der Waals surface area contributed by atoms with Gasteiger partial charge in [0.25, 0.3) is 11.8 Å². The molecule has 0 unspecified atom stereocenters. The second kappa shape index (κ2) is 3.15. The lowest BCUT2D eigenvalue weighted by atomic mass is 10.1. The van der Waals surface area contributed by atoms with Crippen LogP contribution < -0.4 is 0 Å². The summed E-state index contributed by atoms with van der Waals surface area (Å²) >= 11 is 6.37. The van der Waals surface area contributed by atoms with Gasteiger partial charge in [0.1, 0.15) is 0 Å². The van der Waals surface area contributed by atoms with Crippen molar-refractivity contribution in [1.82, 2.24) is 5.06 Å². The van der Waals surface area contributed by atoms with Crippen molar-refractivity contribution in [3.63, 3.8) is 0 Å². The molecule has 2 rings (SSSR count). The second-order valence-electron chi connectivity index (χ2n) is 2.71. The van der Waals surface area contributed by atoms with Crippen LogP contribution in [0.15, 0.2) is 21.1 Å². The molecular weight excluding hydrogens is 318 g/mol. The standard InChI is InChI=1S/C8H3Br2NO3/c9-4-2-1-3-5(6(4)10)8(13)11(14)7(3)12/h1-2,14H. The molecule has 1 aromatic carbocycles. The molecule has 6 heteroatoms. The smallest absolute Gasteiger partial charge is 0.278 e. The van der Waals surface area contributed by atoms with Gasteiger partial charge in [0.15, 0.2) is 0 Å². The maximum atomic E-state index is 11.4. The molecule has 0 bridgehead atoms. The summed E-state index contributed by atoms with van der Waals surface area (Å²) in [5.41, 5.74) is 0.388. The normalized spacial score (nSPS) is 14.9. The molecule has 2 amide bonds. The van der Waals surface area contributed by atoms with Gasteiger partial charge in [-0.25, -0.2) is 0 Å². The molecule has 4 nitrogen and oxygen atoms in total. The fourth-order valence-electron chi connectivity index (χ4n) is 1.25. The van der Waals surface area contributed by atoms with Crippen LogP contribution in [-0.2, 0) is 0 Å². The molecule has 1 heterocycles.